The number of nitrogens with zero attached hydrogens (tertiary/aromatic N) is 1. The molecule has 0 atom stereocenters. The van der Waals surface area contributed by atoms with E-state index < -0.39 is 6.43 Å². The van der Waals surface area contributed by atoms with Crippen molar-refractivity contribution >= 4 is 21.6 Å². The van der Waals surface area contributed by atoms with Gasteiger partial charge in [-0.2, -0.15) is 0 Å². The number of hydrogen-bond acceptors (Lipinski definition) is 3. The van der Waals surface area contributed by atoms with Crippen LogP contribution in [-0.4, -0.2) is 4.98 Å². The zero-order chi connectivity index (χ0) is 10.0. The summed E-state index contributed by atoms with van der Waals surface area (Å²) >= 11 is 2.95. The van der Waals surface area contributed by atoms with Crippen molar-refractivity contribution in [2.45, 2.75) is 13.0 Å². The summed E-state index contributed by atoms with van der Waals surface area (Å²) in [5, 5.41) is 0. The van der Waals surface area contributed by atoms with E-state index in [0.29, 0.717) is 5.69 Å². The van der Waals surface area contributed by atoms with Gasteiger partial charge in [-0.25, -0.2) is 8.78 Å². The Morgan fingerprint density at radius 2 is 2.15 bits per heavy atom. The zero-order valence-corrected chi connectivity index (χ0v) is 8.18. The van der Waals surface area contributed by atoms with Crippen LogP contribution in [0.1, 0.15) is 17.7 Å². The van der Waals surface area contributed by atoms with E-state index in [1.165, 1.54) is 6.20 Å². The van der Waals surface area contributed by atoms with Gasteiger partial charge in [-0.15, -0.1) is 0 Å². The fourth-order valence-corrected chi connectivity index (χ4v) is 1.43. The maximum absolute atomic E-state index is 12.4. The van der Waals surface area contributed by atoms with Gasteiger partial charge in [-0.05, 0) is 15.9 Å². The Labute approximate surface area is 82.3 Å². The normalized spacial score (nSPS) is 10.8. The molecule has 0 amide bonds. The summed E-state index contributed by atoms with van der Waals surface area (Å²) in [7, 11) is 0. The van der Waals surface area contributed by atoms with Gasteiger partial charge < -0.3 is 11.5 Å². The van der Waals surface area contributed by atoms with Crippen LogP contribution in [0.4, 0.5) is 14.5 Å². The van der Waals surface area contributed by atoms with Gasteiger partial charge in [0, 0.05) is 17.2 Å². The minimum absolute atomic E-state index is 0.0353. The molecule has 4 N–H and O–H groups in total. The van der Waals surface area contributed by atoms with Gasteiger partial charge in [-0.1, -0.05) is 0 Å². The van der Waals surface area contributed by atoms with Crippen LogP contribution >= 0.6 is 15.9 Å². The van der Waals surface area contributed by atoms with E-state index in [9.17, 15) is 8.78 Å². The highest BCUT2D eigenvalue weighted by molar-refractivity contribution is 9.10. The van der Waals surface area contributed by atoms with Crippen molar-refractivity contribution in [3.05, 3.63) is 21.9 Å². The Morgan fingerprint density at radius 1 is 1.54 bits per heavy atom. The molecule has 0 aliphatic carbocycles. The standard InChI is InChI=1S/C7H8BrF2N3/c8-3-2-13-4(1-11)6(12)5(3)7(9)10/h2,7H,1,11-12H2. The Kier molecular flexibility index (Phi) is 3.16. The van der Waals surface area contributed by atoms with Crippen LogP contribution in [0, 0.1) is 0 Å². The Bertz CT molecular complexity index is 317. The van der Waals surface area contributed by atoms with E-state index in [2.05, 4.69) is 20.9 Å². The second-order valence-electron chi connectivity index (χ2n) is 2.39. The first kappa shape index (κ1) is 10.3. The first-order valence-corrected chi connectivity index (χ1v) is 4.28. The summed E-state index contributed by atoms with van der Waals surface area (Å²) in [5.41, 5.74) is 10.7. The third-order valence-electron chi connectivity index (χ3n) is 1.60. The lowest BCUT2D eigenvalue weighted by Crippen LogP contribution is -2.08. The molecule has 13 heavy (non-hydrogen) atoms. The van der Waals surface area contributed by atoms with E-state index >= 15 is 0 Å². The maximum atomic E-state index is 12.4. The Morgan fingerprint density at radius 3 is 2.62 bits per heavy atom. The summed E-state index contributed by atoms with van der Waals surface area (Å²) in [6.07, 6.45) is -1.34. The number of anilines is 1. The SMILES string of the molecule is NCc1ncc(Br)c(C(F)F)c1N. The monoisotopic (exact) mass is 251 g/mol. The molecule has 1 aromatic heterocycles. The van der Waals surface area contributed by atoms with Crippen molar-refractivity contribution in [3.63, 3.8) is 0 Å². The second kappa shape index (κ2) is 3.97. The predicted molar refractivity (Wildman–Crippen MR) is 49.2 cm³/mol. The topological polar surface area (TPSA) is 64.9 Å². The van der Waals surface area contributed by atoms with Crippen LogP contribution in [0.25, 0.3) is 0 Å². The molecule has 3 nitrogen and oxygen atoms in total. The number of rotatable bonds is 2. The molecule has 0 aliphatic rings. The van der Waals surface area contributed by atoms with Gasteiger partial charge in [-0.3, -0.25) is 4.98 Å². The molecule has 0 saturated heterocycles. The van der Waals surface area contributed by atoms with Crippen molar-refractivity contribution in [2.75, 3.05) is 5.73 Å². The predicted octanol–water partition coefficient (Wildman–Crippen LogP) is 1.82. The van der Waals surface area contributed by atoms with E-state index in [1.54, 1.807) is 0 Å². The summed E-state index contributed by atoms with van der Waals surface area (Å²) in [6, 6.07) is 0. The van der Waals surface area contributed by atoms with Crippen molar-refractivity contribution in [2.24, 2.45) is 5.73 Å². The molecule has 1 heterocycles. The fourth-order valence-electron chi connectivity index (χ4n) is 0.942. The molecule has 6 heteroatoms. The third-order valence-corrected chi connectivity index (χ3v) is 2.24. The molecule has 0 aromatic carbocycles. The van der Waals surface area contributed by atoms with E-state index in [-0.39, 0.29) is 22.3 Å². The minimum atomic E-state index is -2.62. The van der Waals surface area contributed by atoms with Gasteiger partial charge >= 0.3 is 0 Å². The lowest BCUT2D eigenvalue weighted by molar-refractivity contribution is 0.151. The molecule has 1 aromatic rings. The quantitative estimate of drug-likeness (QED) is 0.843. The van der Waals surface area contributed by atoms with Crippen molar-refractivity contribution in [1.82, 2.24) is 4.98 Å². The smallest absolute Gasteiger partial charge is 0.267 e. The lowest BCUT2D eigenvalue weighted by Gasteiger charge is -2.09. The summed E-state index contributed by atoms with van der Waals surface area (Å²) in [6.45, 7) is 0.0544. The average Bonchev–Trinajstić information content (AvgIpc) is 2.04. The molecule has 72 valence electrons. The van der Waals surface area contributed by atoms with Crippen LogP contribution in [0.2, 0.25) is 0 Å². The van der Waals surface area contributed by atoms with Crippen LogP contribution in [0.5, 0.6) is 0 Å². The highest BCUT2D eigenvalue weighted by Crippen LogP contribution is 2.32. The molecule has 0 radical (unpaired) electrons. The van der Waals surface area contributed by atoms with Crippen molar-refractivity contribution in [3.8, 4) is 0 Å². The number of aromatic nitrogens is 1. The van der Waals surface area contributed by atoms with Gasteiger partial charge in [0.1, 0.15) is 0 Å². The van der Waals surface area contributed by atoms with Crippen molar-refractivity contribution < 1.29 is 8.78 Å². The van der Waals surface area contributed by atoms with Crippen molar-refractivity contribution in [1.29, 1.82) is 0 Å². The summed E-state index contributed by atoms with van der Waals surface area (Å²) in [4.78, 5) is 3.81. The van der Waals surface area contributed by atoms with Crippen LogP contribution in [-0.2, 0) is 6.54 Å². The number of hydrogen-bond donors (Lipinski definition) is 2. The van der Waals surface area contributed by atoms with E-state index in [1.807, 2.05) is 0 Å². The molecule has 0 aliphatic heterocycles. The number of nitrogens with two attached hydrogens (primary N) is 2. The largest absolute Gasteiger partial charge is 0.397 e. The number of halogens is 3. The molecule has 0 spiro atoms. The van der Waals surface area contributed by atoms with Crippen LogP contribution in [0.3, 0.4) is 0 Å². The summed E-state index contributed by atoms with van der Waals surface area (Å²) < 4.78 is 25.1. The average molecular weight is 252 g/mol. The lowest BCUT2D eigenvalue weighted by atomic mass is 10.2. The minimum Gasteiger partial charge on any atom is -0.397 e. The molecular formula is C7H8BrF2N3. The van der Waals surface area contributed by atoms with E-state index in [0.717, 1.165) is 0 Å². The van der Waals surface area contributed by atoms with Gasteiger partial charge in [0.05, 0.1) is 16.9 Å². The third kappa shape index (κ3) is 1.94. The van der Waals surface area contributed by atoms with Gasteiger partial charge in [0.2, 0.25) is 0 Å². The van der Waals surface area contributed by atoms with Gasteiger partial charge in [0.25, 0.3) is 6.43 Å². The molecular weight excluding hydrogens is 244 g/mol. The maximum Gasteiger partial charge on any atom is 0.267 e. The highest BCUT2D eigenvalue weighted by atomic mass is 79.9. The number of nitrogen functional groups attached to an aromatic ring is 1. The Hall–Kier alpha value is -0.750. The molecule has 0 unspecified atom stereocenters. The van der Waals surface area contributed by atoms with E-state index in [4.69, 9.17) is 11.5 Å². The molecule has 0 fully saturated rings. The number of pyridine rings is 1. The molecule has 0 bridgehead atoms. The number of alkyl halides is 2. The Balaban J connectivity index is 3.30. The highest BCUT2D eigenvalue weighted by Gasteiger charge is 2.18. The molecule has 0 saturated carbocycles. The zero-order valence-electron chi connectivity index (χ0n) is 6.60. The second-order valence-corrected chi connectivity index (χ2v) is 3.24. The van der Waals surface area contributed by atoms with Crippen LogP contribution < -0.4 is 11.5 Å². The first-order chi connectivity index (χ1) is 6.07. The first-order valence-electron chi connectivity index (χ1n) is 3.49. The van der Waals surface area contributed by atoms with Gasteiger partial charge in [0.15, 0.2) is 0 Å². The summed E-state index contributed by atoms with van der Waals surface area (Å²) in [5.74, 6) is 0. The van der Waals surface area contributed by atoms with Crippen LogP contribution in [0.15, 0.2) is 10.7 Å². The fraction of sp³-hybridized carbons (Fsp3) is 0.286. The molecule has 1 rings (SSSR count).